The molecule has 0 spiro atoms. The number of hydrogen-bond acceptors (Lipinski definition) is 3. The summed E-state index contributed by atoms with van der Waals surface area (Å²) in [7, 11) is 0. The van der Waals surface area contributed by atoms with Gasteiger partial charge in [-0.05, 0) is 37.5 Å². The van der Waals surface area contributed by atoms with E-state index in [1.165, 1.54) is 6.92 Å². The second kappa shape index (κ2) is 3.60. The van der Waals surface area contributed by atoms with E-state index in [4.69, 9.17) is 9.47 Å². The molecule has 0 aromatic heterocycles. The van der Waals surface area contributed by atoms with Gasteiger partial charge in [-0.15, -0.1) is 0 Å². The van der Waals surface area contributed by atoms with Gasteiger partial charge in [-0.1, -0.05) is 0 Å². The number of ether oxygens (including phenoxy) is 2. The molecule has 1 aliphatic carbocycles. The average molecular weight is 238 g/mol. The van der Waals surface area contributed by atoms with Crippen molar-refractivity contribution in [3.05, 3.63) is 23.3 Å². The van der Waals surface area contributed by atoms with Gasteiger partial charge in [0.25, 0.3) is 0 Å². The lowest BCUT2D eigenvalue weighted by atomic mass is 10.00. The molecule has 1 atom stereocenters. The molecule has 17 heavy (non-hydrogen) atoms. The van der Waals surface area contributed by atoms with Crippen molar-refractivity contribution in [1.82, 2.24) is 0 Å². The first kappa shape index (κ1) is 10.8. The normalized spacial score (nSPS) is 21.4. The van der Waals surface area contributed by atoms with E-state index in [0.717, 1.165) is 18.4 Å². The summed E-state index contributed by atoms with van der Waals surface area (Å²) in [6.45, 7) is 1.66. The van der Waals surface area contributed by atoms with E-state index in [2.05, 4.69) is 0 Å². The molecule has 1 aromatic rings. The van der Waals surface area contributed by atoms with Crippen LogP contribution in [0, 0.1) is 0 Å². The van der Waals surface area contributed by atoms with Gasteiger partial charge in [0, 0.05) is 12.0 Å². The zero-order chi connectivity index (χ0) is 12.0. The summed E-state index contributed by atoms with van der Waals surface area (Å²) >= 11 is 0. The first-order chi connectivity index (χ1) is 8.07. The molecule has 92 valence electrons. The highest BCUT2D eigenvalue weighted by molar-refractivity contribution is 5.52. The number of hydrogen-bond donors (Lipinski definition) is 1. The summed E-state index contributed by atoms with van der Waals surface area (Å²) in [4.78, 5) is 0. The van der Waals surface area contributed by atoms with Crippen molar-refractivity contribution in [1.29, 1.82) is 0 Å². The zero-order valence-electron chi connectivity index (χ0n) is 9.70. The third kappa shape index (κ3) is 1.97. The van der Waals surface area contributed by atoms with E-state index >= 15 is 0 Å². The molecule has 3 rings (SSSR count). The van der Waals surface area contributed by atoms with Gasteiger partial charge in [0.05, 0.1) is 5.60 Å². The van der Waals surface area contributed by atoms with Crippen LogP contribution < -0.4 is 9.47 Å². The number of halogens is 1. The fraction of sp³-hybridized carbons (Fsp3) is 0.538. The minimum absolute atomic E-state index is 0.172. The average Bonchev–Trinajstić information content (AvgIpc) is 2.81. The van der Waals surface area contributed by atoms with E-state index in [1.807, 2.05) is 0 Å². The highest BCUT2D eigenvalue weighted by Crippen LogP contribution is 2.45. The van der Waals surface area contributed by atoms with Gasteiger partial charge in [0.2, 0.25) is 6.79 Å². The highest BCUT2D eigenvalue weighted by Gasteiger charge is 2.41. The van der Waals surface area contributed by atoms with Crippen LogP contribution in [0.25, 0.3) is 0 Å². The Kier molecular flexibility index (Phi) is 2.30. The number of rotatable bonds is 3. The summed E-state index contributed by atoms with van der Waals surface area (Å²) in [6.07, 6.45) is 1.08. The number of benzene rings is 1. The summed E-state index contributed by atoms with van der Waals surface area (Å²) in [5.41, 5.74) is 0.811. The van der Waals surface area contributed by atoms with Gasteiger partial charge in [0.1, 0.15) is 6.17 Å². The molecule has 2 aliphatic rings. The van der Waals surface area contributed by atoms with Crippen LogP contribution in [-0.2, 0) is 6.42 Å². The van der Waals surface area contributed by atoms with Gasteiger partial charge in [-0.2, -0.15) is 0 Å². The fourth-order valence-corrected chi connectivity index (χ4v) is 2.14. The van der Waals surface area contributed by atoms with Gasteiger partial charge in [0.15, 0.2) is 11.5 Å². The van der Waals surface area contributed by atoms with Crippen molar-refractivity contribution in [3.8, 4) is 11.5 Å². The highest BCUT2D eigenvalue weighted by atomic mass is 19.1. The maximum Gasteiger partial charge on any atom is 0.231 e. The monoisotopic (exact) mass is 238 g/mol. The molecular formula is C13H15FO3. The standard InChI is InChI=1S/C13H15FO3/c1-8(14)9-4-10(6-13(15)2-3-13)12-11(5-9)16-7-17-12/h4-5,8,15H,2-3,6-7H2,1H3. The second-order valence-electron chi connectivity index (χ2n) is 4.93. The molecule has 0 saturated heterocycles. The maximum atomic E-state index is 13.4. The number of aliphatic hydroxyl groups is 1. The molecule has 1 aromatic carbocycles. The van der Waals surface area contributed by atoms with Crippen molar-refractivity contribution in [2.45, 2.75) is 38.0 Å². The van der Waals surface area contributed by atoms with Gasteiger partial charge in [-0.25, -0.2) is 4.39 Å². The zero-order valence-corrected chi connectivity index (χ0v) is 9.70. The van der Waals surface area contributed by atoms with Gasteiger partial charge in [-0.3, -0.25) is 0 Å². The SMILES string of the molecule is CC(F)c1cc(CC2(O)CC2)c2c(c1)OCO2. The molecule has 1 heterocycles. The molecule has 1 unspecified atom stereocenters. The molecule has 0 amide bonds. The molecule has 1 aliphatic heterocycles. The van der Waals surface area contributed by atoms with Crippen molar-refractivity contribution in [2.75, 3.05) is 6.79 Å². The largest absolute Gasteiger partial charge is 0.454 e. The smallest absolute Gasteiger partial charge is 0.231 e. The molecule has 3 nitrogen and oxygen atoms in total. The van der Waals surface area contributed by atoms with Crippen molar-refractivity contribution in [2.24, 2.45) is 0 Å². The van der Waals surface area contributed by atoms with E-state index in [1.54, 1.807) is 12.1 Å². The van der Waals surface area contributed by atoms with Gasteiger partial charge < -0.3 is 14.6 Å². The van der Waals surface area contributed by atoms with Crippen molar-refractivity contribution >= 4 is 0 Å². The summed E-state index contributed by atoms with van der Waals surface area (Å²) in [5, 5.41) is 9.95. The Balaban J connectivity index is 1.99. The number of fused-ring (bicyclic) bond motifs is 1. The molecule has 4 heteroatoms. The summed E-state index contributed by atoms with van der Waals surface area (Å²) in [6, 6.07) is 3.45. The Bertz CT molecular complexity index is 452. The maximum absolute atomic E-state index is 13.4. The van der Waals surface area contributed by atoms with E-state index in [9.17, 15) is 9.50 Å². The second-order valence-corrected chi connectivity index (χ2v) is 4.93. The van der Waals surface area contributed by atoms with Crippen LogP contribution in [0.2, 0.25) is 0 Å². The molecule has 1 N–H and O–H groups in total. The lowest BCUT2D eigenvalue weighted by Crippen LogP contribution is -2.11. The molecule has 0 radical (unpaired) electrons. The molecule has 1 saturated carbocycles. The summed E-state index contributed by atoms with van der Waals surface area (Å²) in [5.74, 6) is 1.25. The van der Waals surface area contributed by atoms with Crippen LogP contribution in [0.3, 0.4) is 0 Å². The Hall–Kier alpha value is -1.29. The first-order valence-electron chi connectivity index (χ1n) is 5.86. The first-order valence-corrected chi connectivity index (χ1v) is 5.86. The van der Waals surface area contributed by atoms with E-state index in [0.29, 0.717) is 23.5 Å². The van der Waals surface area contributed by atoms with Crippen LogP contribution in [0.15, 0.2) is 12.1 Å². The molecule has 1 fully saturated rings. The van der Waals surface area contributed by atoms with Crippen molar-refractivity contribution < 1.29 is 19.0 Å². The predicted molar refractivity (Wildman–Crippen MR) is 60.0 cm³/mol. The van der Waals surface area contributed by atoms with E-state index < -0.39 is 11.8 Å². The third-order valence-corrected chi connectivity index (χ3v) is 3.38. The minimum atomic E-state index is -1.04. The van der Waals surface area contributed by atoms with Crippen LogP contribution in [-0.4, -0.2) is 17.5 Å². The van der Waals surface area contributed by atoms with Crippen LogP contribution in [0.5, 0.6) is 11.5 Å². The Labute approximate surface area is 99.2 Å². The Morgan fingerprint density at radius 3 is 2.82 bits per heavy atom. The Morgan fingerprint density at radius 2 is 2.18 bits per heavy atom. The third-order valence-electron chi connectivity index (χ3n) is 3.38. The predicted octanol–water partition coefficient (Wildman–Crippen LogP) is 2.51. The lowest BCUT2D eigenvalue weighted by molar-refractivity contribution is 0.147. The van der Waals surface area contributed by atoms with Crippen LogP contribution >= 0.6 is 0 Å². The molecular weight excluding hydrogens is 223 g/mol. The van der Waals surface area contributed by atoms with Crippen LogP contribution in [0.1, 0.15) is 37.1 Å². The topological polar surface area (TPSA) is 38.7 Å². The van der Waals surface area contributed by atoms with Crippen molar-refractivity contribution in [3.63, 3.8) is 0 Å². The summed E-state index contributed by atoms with van der Waals surface area (Å²) < 4.78 is 24.0. The molecule has 0 bridgehead atoms. The number of alkyl halides is 1. The van der Waals surface area contributed by atoms with Crippen LogP contribution in [0.4, 0.5) is 4.39 Å². The van der Waals surface area contributed by atoms with E-state index in [-0.39, 0.29) is 6.79 Å². The van der Waals surface area contributed by atoms with Gasteiger partial charge >= 0.3 is 0 Å². The lowest BCUT2D eigenvalue weighted by Gasteiger charge is -2.13. The minimum Gasteiger partial charge on any atom is -0.454 e. The Morgan fingerprint density at radius 1 is 1.41 bits per heavy atom. The quantitative estimate of drug-likeness (QED) is 0.879. The fourth-order valence-electron chi connectivity index (χ4n) is 2.14.